The number of urea groups is 1. The van der Waals surface area contributed by atoms with E-state index in [1.54, 1.807) is 34.8 Å². The van der Waals surface area contributed by atoms with Crippen LogP contribution in [0.2, 0.25) is 0 Å². The SMILES string of the molecule is CC(C)c1cc(C(=O)c2cccc(NC(=O)Nc3n[nH]c(C4CC4)n3)c2)c2c(N)ncnn12. The molecule has 1 aliphatic carbocycles. The number of rotatable bonds is 6. The van der Waals surface area contributed by atoms with Gasteiger partial charge in [0.15, 0.2) is 11.6 Å². The summed E-state index contributed by atoms with van der Waals surface area (Å²) < 4.78 is 1.66. The van der Waals surface area contributed by atoms with Crippen molar-refractivity contribution in [1.29, 1.82) is 0 Å². The number of hydrogen-bond donors (Lipinski definition) is 4. The van der Waals surface area contributed by atoms with Crippen LogP contribution in [0.5, 0.6) is 0 Å². The van der Waals surface area contributed by atoms with Crippen LogP contribution in [0.4, 0.5) is 22.2 Å². The monoisotopic (exact) mass is 445 g/mol. The molecule has 1 aromatic carbocycles. The number of nitrogen functional groups attached to an aromatic ring is 1. The number of carbonyl (C=O) groups excluding carboxylic acids is 2. The summed E-state index contributed by atoms with van der Waals surface area (Å²) in [6.45, 7) is 4.03. The van der Waals surface area contributed by atoms with Gasteiger partial charge in [0.05, 0.1) is 5.56 Å². The number of carbonyl (C=O) groups is 2. The van der Waals surface area contributed by atoms with Gasteiger partial charge in [0.25, 0.3) is 0 Å². The van der Waals surface area contributed by atoms with E-state index in [2.05, 4.69) is 35.9 Å². The predicted octanol–water partition coefficient (Wildman–Crippen LogP) is 3.31. The second kappa shape index (κ2) is 8.01. The maximum Gasteiger partial charge on any atom is 0.326 e. The van der Waals surface area contributed by atoms with Crippen molar-refractivity contribution in [1.82, 2.24) is 29.8 Å². The van der Waals surface area contributed by atoms with Crippen LogP contribution in [0.15, 0.2) is 36.7 Å². The van der Waals surface area contributed by atoms with Crippen LogP contribution in [0.3, 0.4) is 0 Å². The lowest BCUT2D eigenvalue weighted by Crippen LogP contribution is -2.20. The normalized spacial score (nSPS) is 13.4. The molecule has 5 rings (SSSR count). The molecule has 1 fully saturated rings. The van der Waals surface area contributed by atoms with Crippen molar-refractivity contribution in [2.45, 2.75) is 38.5 Å². The Bertz CT molecular complexity index is 1370. The van der Waals surface area contributed by atoms with Crippen LogP contribution in [0.1, 0.15) is 66.0 Å². The number of H-pyrrole nitrogens is 1. The number of nitrogens with two attached hydrogens (primary N) is 1. The molecule has 3 heterocycles. The Balaban J connectivity index is 1.37. The molecular weight excluding hydrogens is 422 g/mol. The van der Waals surface area contributed by atoms with E-state index in [4.69, 9.17) is 5.73 Å². The molecule has 0 unspecified atom stereocenters. The van der Waals surface area contributed by atoms with E-state index in [1.807, 2.05) is 13.8 Å². The smallest absolute Gasteiger partial charge is 0.326 e. The Labute approximate surface area is 188 Å². The number of nitrogens with one attached hydrogen (secondary N) is 3. The molecule has 0 aliphatic heterocycles. The third-order valence-corrected chi connectivity index (χ3v) is 5.52. The summed E-state index contributed by atoms with van der Waals surface area (Å²) in [7, 11) is 0. The van der Waals surface area contributed by atoms with Gasteiger partial charge < -0.3 is 11.1 Å². The van der Waals surface area contributed by atoms with Crippen LogP contribution < -0.4 is 16.4 Å². The Morgan fingerprint density at radius 3 is 2.79 bits per heavy atom. The van der Waals surface area contributed by atoms with E-state index in [0.717, 1.165) is 24.4 Å². The summed E-state index contributed by atoms with van der Waals surface area (Å²) in [5.41, 5.74) is 8.66. The second-order valence-corrected chi connectivity index (χ2v) is 8.35. The fraction of sp³-hybridized carbons (Fsp3) is 0.273. The van der Waals surface area contributed by atoms with E-state index in [9.17, 15) is 9.59 Å². The Hall–Kier alpha value is -4.28. The molecule has 2 amide bonds. The van der Waals surface area contributed by atoms with Crippen LogP contribution >= 0.6 is 0 Å². The minimum absolute atomic E-state index is 0.126. The van der Waals surface area contributed by atoms with Crippen LogP contribution in [-0.4, -0.2) is 41.6 Å². The number of ketones is 1. The van der Waals surface area contributed by atoms with E-state index < -0.39 is 6.03 Å². The average Bonchev–Trinajstić information content (AvgIpc) is 3.40. The van der Waals surface area contributed by atoms with Crippen molar-refractivity contribution in [3.05, 3.63) is 59.3 Å². The summed E-state index contributed by atoms with van der Waals surface area (Å²) >= 11 is 0. The lowest BCUT2D eigenvalue weighted by molar-refractivity contribution is 0.104. The molecule has 11 nitrogen and oxygen atoms in total. The Kier molecular flexibility index (Phi) is 5.00. The van der Waals surface area contributed by atoms with Gasteiger partial charge in [-0.2, -0.15) is 10.1 Å². The van der Waals surface area contributed by atoms with E-state index in [1.165, 1.54) is 6.33 Å². The van der Waals surface area contributed by atoms with Gasteiger partial charge in [-0.25, -0.2) is 14.3 Å². The first-order chi connectivity index (χ1) is 15.9. The van der Waals surface area contributed by atoms with Crippen molar-refractivity contribution < 1.29 is 9.59 Å². The van der Waals surface area contributed by atoms with Gasteiger partial charge in [-0.15, -0.1) is 5.10 Å². The van der Waals surface area contributed by atoms with Crippen molar-refractivity contribution in [3.8, 4) is 0 Å². The quantitative estimate of drug-likeness (QED) is 0.332. The molecule has 168 valence electrons. The van der Waals surface area contributed by atoms with Crippen molar-refractivity contribution in [2.75, 3.05) is 16.4 Å². The van der Waals surface area contributed by atoms with Crippen LogP contribution in [0.25, 0.3) is 5.52 Å². The average molecular weight is 445 g/mol. The van der Waals surface area contributed by atoms with Gasteiger partial charge in [-0.3, -0.25) is 15.2 Å². The summed E-state index contributed by atoms with van der Waals surface area (Å²) in [5.74, 6) is 1.50. The standard InChI is InChI=1S/C22H23N9O2/c1-11(2)16-9-15(17-19(23)24-10-25-31(16)17)18(32)13-4-3-5-14(8-13)26-22(33)28-21-27-20(29-30-21)12-6-7-12/h3-5,8-12H,6-7H2,1-2H3,(H2,23,24,25)(H3,26,27,28,29,30,33). The first kappa shape index (κ1) is 20.6. The van der Waals surface area contributed by atoms with Gasteiger partial charge >= 0.3 is 6.03 Å². The summed E-state index contributed by atoms with van der Waals surface area (Å²) in [6.07, 6.45) is 3.53. The van der Waals surface area contributed by atoms with Gasteiger partial charge in [-0.05, 0) is 37.0 Å². The number of aromatic amines is 1. The number of nitrogens with zero attached hydrogens (tertiary/aromatic N) is 5. The molecule has 0 bridgehead atoms. The molecule has 0 spiro atoms. The van der Waals surface area contributed by atoms with Gasteiger partial charge in [-0.1, -0.05) is 26.0 Å². The number of fused-ring (bicyclic) bond motifs is 1. The number of benzene rings is 1. The van der Waals surface area contributed by atoms with Crippen molar-refractivity contribution >= 4 is 34.8 Å². The highest BCUT2D eigenvalue weighted by molar-refractivity contribution is 6.15. The number of aromatic nitrogens is 6. The molecule has 3 aromatic heterocycles. The zero-order valence-electron chi connectivity index (χ0n) is 18.2. The third-order valence-electron chi connectivity index (χ3n) is 5.52. The van der Waals surface area contributed by atoms with Gasteiger partial charge in [0.1, 0.15) is 17.7 Å². The molecule has 1 saturated carbocycles. The molecular formula is C22H23N9O2. The number of amides is 2. The minimum atomic E-state index is -0.505. The fourth-order valence-corrected chi connectivity index (χ4v) is 3.70. The summed E-state index contributed by atoms with van der Waals surface area (Å²) in [6, 6.07) is 7.96. The van der Waals surface area contributed by atoms with Crippen LogP contribution in [0, 0.1) is 0 Å². The lowest BCUT2D eigenvalue weighted by Gasteiger charge is -2.07. The van der Waals surface area contributed by atoms with E-state index in [0.29, 0.717) is 28.2 Å². The highest BCUT2D eigenvalue weighted by Gasteiger charge is 2.27. The largest absolute Gasteiger partial charge is 0.382 e. The lowest BCUT2D eigenvalue weighted by atomic mass is 10.0. The fourth-order valence-electron chi connectivity index (χ4n) is 3.70. The third kappa shape index (κ3) is 4.00. The molecule has 11 heteroatoms. The molecule has 33 heavy (non-hydrogen) atoms. The molecule has 0 atom stereocenters. The van der Waals surface area contributed by atoms with Gasteiger partial charge in [0, 0.05) is 22.9 Å². The Morgan fingerprint density at radius 1 is 1.21 bits per heavy atom. The maximum atomic E-state index is 13.4. The Morgan fingerprint density at radius 2 is 2.03 bits per heavy atom. The zero-order chi connectivity index (χ0) is 23.1. The molecule has 0 saturated heterocycles. The van der Waals surface area contributed by atoms with E-state index in [-0.39, 0.29) is 23.5 Å². The maximum absolute atomic E-state index is 13.4. The first-order valence-electron chi connectivity index (χ1n) is 10.7. The minimum Gasteiger partial charge on any atom is -0.382 e. The first-order valence-corrected chi connectivity index (χ1v) is 10.7. The second-order valence-electron chi connectivity index (χ2n) is 8.35. The molecule has 4 aromatic rings. The number of hydrogen-bond acceptors (Lipinski definition) is 7. The highest BCUT2D eigenvalue weighted by Crippen LogP contribution is 2.38. The molecule has 1 aliphatic rings. The molecule has 0 radical (unpaired) electrons. The number of anilines is 3. The molecule has 5 N–H and O–H groups in total. The summed E-state index contributed by atoms with van der Waals surface area (Å²) in [4.78, 5) is 34.1. The van der Waals surface area contributed by atoms with Gasteiger partial charge in [0.2, 0.25) is 5.95 Å². The van der Waals surface area contributed by atoms with Crippen molar-refractivity contribution in [3.63, 3.8) is 0 Å². The predicted molar refractivity (Wildman–Crippen MR) is 122 cm³/mol. The zero-order valence-corrected chi connectivity index (χ0v) is 18.2. The topological polar surface area (TPSA) is 156 Å². The summed E-state index contributed by atoms with van der Waals surface area (Å²) in [5, 5.41) is 16.4. The van der Waals surface area contributed by atoms with Crippen molar-refractivity contribution in [2.24, 2.45) is 0 Å². The van der Waals surface area contributed by atoms with E-state index >= 15 is 0 Å². The highest BCUT2D eigenvalue weighted by atomic mass is 16.2. The van der Waals surface area contributed by atoms with Crippen LogP contribution in [-0.2, 0) is 0 Å².